The molecule has 0 heterocycles. The number of benzene rings is 2. The summed E-state index contributed by atoms with van der Waals surface area (Å²) in [7, 11) is 0. The second-order valence-electron chi connectivity index (χ2n) is 6.51. The Morgan fingerprint density at radius 2 is 0.870 bits per heavy atom. The molecular formula is C21H28O2. The highest BCUT2D eigenvalue weighted by Crippen LogP contribution is 2.26. The van der Waals surface area contributed by atoms with E-state index >= 15 is 0 Å². The molecule has 124 valence electrons. The van der Waals surface area contributed by atoms with E-state index in [1.165, 1.54) is 33.4 Å². The lowest BCUT2D eigenvalue weighted by Crippen LogP contribution is -2.08. The number of hydrogen-bond acceptors (Lipinski definition) is 2. The topological polar surface area (TPSA) is 18.5 Å². The lowest BCUT2D eigenvalue weighted by atomic mass is 10.1. The minimum Gasteiger partial charge on any atom is -0.493 e. The summed E-state index contributed by atoms with van der Waals surface area (Å²) in [6.45, 7) is 14.0. The summed E-state index contributed by atoms with van der Waals surface area (Å²) < 4.78 is 11.9. The maximum atomic E-state index is 5.96. The minimum absolute atomic E-state index is 0.675. The molecule has 0 aliphatic heterocycles. The molecule has 0 saturated carbocycles. The lowest BCUT2D eigenvalue weighted by molar-refractivity contribution is 0.244. The SMILES string of the molecule is Cc1cc(C)c(OCCCOc2c(C)cc(C)cc2C)c(C)c1. The van der Waals surface area contributed by atoms with Crippen LogP contribution in [0.4, 0.5) is 0 Å². The van der Waals surface area contributed by atoms with Crippen LogP contribution >= 0.6 is 0 Å². The fraction of sp³-hybridized carbons (Fsp3) is 0.429. The Morgan fingerprint density at radius 3 is 1.17 bits per heavy atom. The molecule has 0 unspecified atom stereocenters. The van der Waals surface area contributed by atoms with Gasteiger partial charge in [-0.25, -0.2) is 0 Å². The summed E-state index contributed by atoms with van der Waals surface area (Å²) in [6, 6.07) is 8.66. The maximum Gasteiger partial charge on any atom is 0.125 e. The van der Waals surface area contributed by atoms with E-state index in [0.29, 0.717) is 13.2 Å². The highest BCUT2D eigenvalue weighted by Gasteiger charge is 2.07. The van der Waals surface area contributed by atoms with Crippen molar-refractivity contribution in [3.8, 4) is 11.5 Å². The van der Waals surface area contributed by atoms with E-state index in [-0.39, 0.29) is 0 Å². The summed E-state index contributed by atoms with van der Waals surface area (Å²) in [4.78, 5) is 0. The van der Waals surface area contributed by atoms with Crippen molar-refractivity contribution in [2.24, 2.45) is 0 Å². The van der Waals surface area contributed by atoms with Crippen molar-refractivity contribution in [1.29, 1.82) is 0 Å². The van der Waals surface area contributed by atoms with E-state index in [1.54, 1.807) is 0 Å². The van der Waals surface area contributed by atoms with E-state index in [2.05, 4.69) is 65.8 Å². The van der Waals surface area contributed by atoms with Gasteiger partial charge in [-0.15, -0.1) is 0 Å². The van der Waals surface area contributed by atoms with E-state index in [4.69, 9.17) is 9.47 Å². The van der Waals surface area contributed by atoms with Gasteiger partial charge in [0.15, 0.2) is 0 Å². The molecule has 2 aromatic rings. The third-order valence-corrected chi connectivity index (χ3v) is 3.99. The monoisotopic (exact) mass is 312 g/mol. The van der Waals surface area contributed by atoms with Crippen LogP contribution in [-0.2, 0) is 0 Å². The quantitative estimate of drug-likeness (QED) is 0.666. The van der Waals surface area contributed by atoms with Gasteiger partial charge in [0, 0.05) is 6.42 Å². The molecule has 2 heteroatoms. The highest BCUT2D eigenvalue weighted by molar-refractivity contribution is 5.43. The van der Waals surface area contributed by atoms with E-state index in [0.717, 1.165) is 17.9 Å². The molecule has 2 rings (SSSR count). The Hall–Kier alpha value is -1.96. The zero-order chi connectivity index (χ0) is 17.0. The molecule has 0 aromatic heterocycles. The van der Waals surface area contributed by atoms with Gasteiger partial charge in [-0.05, 0) is 63.8 Å². The fourth-order valence-corrected chi connectivity index (χ4v) is 3.20. The normalized spacial score (nSPS) is 10.7. The van der Waals surface area contributed by atoms with E-state index < -0.39 is 0 Å². The standard InChI is InChI=1S/C21H28O2/c1-14-10-16(3)20(17(4)11-14)22-8-7-9-23-21-18(5)12-15(2)13-19(21)6/h10-13H,7-9H2,1-6H3. The largest absolute Gasteiger partial charge is 0.493 e. The number of rotatable bonds is 6. The molecule has 0 aliphatic rings. The molecule has 2 nitrogen and oxygen atoms in total. The maximum absolute atomic E-state index is 5.96. The van der Waals surface area contributed by atoms with Crippen LogP contribution in [0, 0.1) is 41.5 Å². The molecule has 0 atom stereocenters. The van der Waals surface area contributed by atoms with Crippen LogP contribution in [-0.4, -0.2) is 13.2 Å². The third-order valence-electron chi connectivity index (χ3n) is 3.99. The molecule has 0 aliphatic carbocycles. The van der Waals surface area contributed by atoms with Crippen molar-refractivity contribution in [2.45, 2.75) is 48.0 Å². The molecule has 2 aromatic carbocycles. The molecule has 23 heavy (non-hydrogen) atoms. The van der Waals surface area contributed by atoms with Crippen molar-refractivity contribution < 1.29 is 9.47 Å². The first kappa shape index (κ1) is 17.4. The molecule has 0 bridgehead atoms. The van der Waals surface area contributed by atoms with Crippen molar-refractivity contribution in [1.82, 2.24) is 0 Å². The summed E-state index contributed by atoms with van der Waals surface area (Å²) in [6.07, 6.45) is 0.875. The first-order valence-electron chi connectivity index (χ1n) is 8.29. The molecule has 0 radical (unpaired) electrons. The summed E-state index contributed by atoms with van der Waals surface area (Å²) in [5.41, 5.74) is 7.37. The number of ether oxygens (including phenoxy) is 2. The second kappa shape index (κ2) is 7.54. The highest BCUT2D eigenvalue weighted by atomic mass is 16.5. The summed E-state index contributed by atoms with van der Waals surface area (Å²) >= 11 is 0. The van der Waals surface area contributed by atoms with Crippen LogP contribution in [0.1, 0.15) is 39.8 Å². The Labute approximate surface area is 140 Å². The molecule has 0 spiro atoms. The molecular weight excluding hydrogens is 284 g/mol. The van der Waals surface area contributed by atoms with E-state index in [9.17, 15) is 0 Å². The third kappa shape index (κ3) is 4.51. The minimum atomic E-state index is 0.675. The van der Waals surface area contributed by atoms with E-state index in [1.807, 2.05) is 0 Å². The molecule has 0 fully saturated rings. The number of hydrogen-bond donors (Lipinski definition) is 0. The average molecular weight is 312 g/mol. The van der Waals surface area contributed by atoms with Gasteiger partial charge in [-0.3, -0.25) is 0 Å². The Kier molecular flexibility index (Phi) is 5.70. The molecule has 0 N–H and O–H groups in total. The first-order valence-corrected chi connectivity index (χ1v) is 8.29. The summed E-state index contributed by atoms with van der Waals surface area (Å²) in [5, 5.41) is 0. The Morgan fingerprint density at radius 1 is 0.565 bits per heavy atom. The smallest absolute Gasteiger partial charge is 0.125 e. The predicted molar refractivity (Wildman–Crippen MR) is 96.9 cm³/mol. The van der Waals surface area contributed by atoms with Crippen molar-refractivity contribution in [3.63, 3.8) is 0 Å². The van der Waals surface area contributed by atoms with Crippen LogP contribution < -0.4 is 9.47 Å². The van der Waals surface area contributed by atoms with Crippen molar-refractivity contribution in [3.05, 3.63) is 57.6 Å². The fourth-order valence-electron chi connectivity index (χ4n) is 3.20. The van der Waals surface area contributed by atoms with Gasteiger partial charge in [-0.2, -0.15) is 0 Å². The average Bonchev–Trinajstić information content (AvgIpc) is 2.42. The second-order valence-corrected chi connectivity index (χ2v) is 6.51. The van der Waals surface area contributed by atoms with Gasteiger partial charge in [0.25, 0.3) is 0 Å². The van der Waals surface area contributed by atoms with Crippen LogP contribution in [0.2, 0.25) is 0 Å². The van der Waals surface area contributed by atoms with Gasteiger partial charge in [0.05, 0.1) is 13.2 Å². The van der Waals surface area contributed by atoms with Crippen LogP contribution in [0.5, 0.6) is 11.5 Å². The van der Waals surface area contributed by atoms with Gasteiger partial charge in [-0.1, -0.05) is 35.4 Å². The van der Waals surface area contributed by atoms with Crippen molar-refractivity contribution >= 4 is 0 Å². The zero-order valence-corrected chi connectivity index (χ0v) is 15.2. The molecule has 0 saturated heterocycles. The Bertz CT molecular complexity index is 581. The van der Waals surface area contributed by atoms with Crippen molar-refractivity contribution in [2.75, 3.05) is 13.2 Å². The van der Waals surface area contributed by atoms with Gasteiger partial charge in [0.2, 0.25) is 0 Å². The van der Waals surface area contributed by atoms with Crippen LogP contribution in [0.3, 0.4) is 0 Å². The van der Waals surface area contributed by atoms with Crippen LogP contribution in [0.25, 0.3) is 0 Å². The summed E-state index contributed by atoms with van der Waals surface area (Å²) in [5.74, 6) is 2.02. The van der Waals surface area contributed by atoms with Crippen LogP contribution in [0.15, 0.2) is 24.3 Å². The predicted octanol–water partition coefficient (Wildman–Crippen LogP) is 5.39. The first-order chi connectivity index (χ1) is 10.9. The van der Waals surface area contributed by atoms with Gasteiger partial charge in [0.1, 0.15) is 11.5 Å². The number of aryl methyl sites for hydroxylation is 6. The lowest BCUT2D eigenvalue weighted by Gasteiger charge is -2.15. The zero-order valence-electron chi connectivity index (χ0n) is 15.2. The Balaban J connectivity index is 1.85. The van der Waals surface area contributed by atoms with Gasteiger partial charge >= 0.3 is 0 Å². The molecule has 0 amide bonds. The van der Waals surface area contributed by atoms with Gasteiger partial charge < -0.3 is 9.47 Å².